The topological polar surface area (TPSA) is 65.2 Å². The van der Waals surface area contributed by atoms with Crippen molar-refractivity contribution < 1.29 is 9.53 Å². The molecule has 1 amide bonds. The number of hydrogen-bond donors (Lipinski definition) is 1. The van der Waals surface area contributed by atoms with Gasteiger partial charge in [0, 0.05) is 18.2 Å². The highest BCUT2D eigenvalue weighted by Crippen LogP contribution is 2.18. The molecule has 0 radical (unpaired) electrons. The van der Waals surface area contributed by atoms with Crippen LogP contribution in [0.5, 0.6) is 11.6 Å². The molecule has 1 heterocycles. The van der Waals surface area contributed by atoms with Gasteiger partial charge < -0.3 is 10.5 Å². The Labute approximate surface area is 105 Å². The Hall–Kier alpha value is -2.36. The van der Waals surface area contributed by atoms with Crippen LogP contribution in [-0.4, -0.2) is 10.9 Å². The van der Waals surface area contributed by atoms with E-state index in [9.17, 15) is 4.79 Å². The van der Waals surface area contributed by atoms with Crippen LogP contribution in [0.1, 0.15) is 12.1 Å². The molecule has 1 aromatic heterocycles. The molecular formula is C14H14N2O2. The summed E-state index contributed by atoms with van der Waals surface area (Å²) in [5.74, 6) is 0.923. The Morgan fingerprint density at radius 3 is 2.61 bits per heavy atom. The number of benzene rings is 1. The molecule has 4 heteroatoms. The zero-order valence-electron chi connectivity index (χ0n) is 9.87. The monoisotopic (exact) mass is 242 g/mol. The van der Waals surface area contributed by atoms with Gasteiger partial charge in [0.15, 0.2) is 0 Å². The minimum atomic E-state index is -0.328. The fraction of sp³-hybridized carbons (Fsp3) is 0.143. The number of primary amides is 1. The Kier molecular flexibility index (Phi) is 3.91. The van der Waals surface area contributed by atoms with Crippen molar-refractivity contribution in [1.29, 1.82) is 0 Å². The normalized spacial score (nSPS) is 10.0. The molecule has 0 spiro atoms. The molecule has 0 bridgehead atoms. The molecule has 0 saturated heterocycles. The molecule has 4 nitrogen and oxygen atoms in total. The molecule has 2 N–H and O–H groups in total. The van der Waals surface area contributed by atoms with E-state index in [1.54, 1.807) is 6.07 Å². The summed E-state index contributed by atoms with van der Waals surface area (Å²) in [6, 6.07) is 14.9. The Morgan fingerprint density at radius 1 is 1.11 bits per heavy atom. The van der Waals surface area contributed by atoms with E-state index < -0.39 is 0 Å². The summed E-state index contributed by atoms with van der Waals surface area (Å²) in [5.41, 5.74) is 5.90. The first-order valence-corrected chi connectivity index (χ1v) is 5.71. The van der Waals surface area contributed by atoms with Gasteiger partial charge in [0.1, 0.15) is 5.75 Å². The number of nitrogens with zero attached hydrogens (tertiary/aromatic N) is 1. The molecule has 0 aliphatic heterocycles. The van der Waals surface area contributed by atoms with E-state index >= 15 is 0 Å². The van der Waals surface area contributed by atoms with Crippen LogP contribution in [0.4, 0.5) is 0 Å². The molecule has 0 saturated carbocycles. The van der Waals surface area contributed by atoms with Crippen LogP contribution >= 0.6 is 0 Å². The van der Waals surface area contributed by atoms with Crippen molar-refractivity contribution in [3.8, 4) is 11.6 Å². The highest BCUT2D eigenvalue weighted by Gasteiger charge is 2.02. The first-order valence-electron chi connectivity index (χ1n) is 5.71. The zero-order chi connectivity index (χ0) is 12.8. The molecule has 2 rings (SSSR count). The second-order valence-electron chi connectivity index (χ2n) is 3.85. The third-order valence-electron chi connectivity index (χ3n) is 2.37. The van der Waals surface area contributed by atoms with Crippen LogP contribution in [0, 0.1) is 0 Å². The van der Waals surface area contributed by atoms with Gasteiger partial charge in [-0.2, -0.15) is 0 Å². The Morgan fingerprint density at radius 2 is 1.89 bits per heavy atom. The van der Waals surface area contributed by atoms with Gasteiger partial charge in [0.25, 0.3) is 0 Å². The number of aryl methyl sites for hydroxylation is 1. The predicted octanol–water partition coefficient (Wildman–Crippen LogP) is 2.29. The summed E-state index contributed by atoms with van der Waals surface area (Å²) in [6.07, 6.45) is 0.823. The quantitative estimate of drug-likeness (QED) is 0.874. The lowest BCUT2D eigenvalue weighted by atomic mass is 10.2. The highest BCUT2D eigenvalue weighted by molar-refractivity contribution is 5.73. The van der Waals surface area contributed by atoms with Crippen molar-refractivity contribution in [3.63, 3.8) is 0 Å². The molecule has 0 unspecified atom stereocenters. The van der Waals surface area contributed by atoms with Crippen LogP contribution in [0.15, 0.2) is 48.5 Å². The Balaban J connectivity index is 2.05. The van der Waals surface area contributed by atoms with Crippen LogP contribution in [0.3, 0.4) is 0 Å². The molecular weight excluding hydrogens is 228 g/mol. The minimum absolute atomic E-state index is 0.293. The van der Waals surface area contributed by atoms with Gasteiger partial charge in [-0.15, -0.1) is 0 Å². The number of carbonyl (C=O) groups excluding carboxylic acids is 1. The first kappa shape index (κ1) is 12.1. The predicted molar refractivity (Wildman–Crippen MR) is 68.3 cm³/mol. The lowest BCUT2D eigenvalue weighted by molar-refractivity contribution is -0.118. The second kappa shape index (κ2) is 5.82. The molecule has 92 valence electrons. The number of rotatable bonds is 5. The first-order chi connectivity index (χ1) is 8.74. The molecule has 0 fully saturated rings. The van der Waals surface area contributed by atoms with E-state index in [0.717, 1.165) is 11.4 Å². The summed E-state index contributed by atoms with van der Waals surface area (Å²) < 4.78 is 5.60. The van der Waals surface area contributed by atoms with Crippen LogP contribution in [-0.2, 0) is 11.2 Å². The van der Waals surface area contributed by atoms with Crippen LogP contribution in [0.2, 0.25) is 0 Å². The molecule has 0 aliphatic carbocycles. The van der Waals surface area contributed by atoms with E-state index in [0.29, 0.717) is 18.7 Å². The van der Waals surface area contributed by atoms with Gasteiger partial charge in [0.05, 0.1) is 0 Å². The fourth-order valence-electron chi connectivity index (χ4n) is 1.51. The molecule has 0 aliphatic rings. The van der Waals surface area contributed by atoms with Gasteiger partial charge in [-0.25, -0.2) is 4.98 Å². The summed E-state index contributed by atoms with van der Waals surface area (Å²) in [6.45, 7) is 0. The van der Waals surface area contributed by atoms with Crippen molar-refractivity contribution >= 4 is 5.91 Å². The average molecular weight is 242 g/mol. The van der Waals surface area contributed by atoms with Gasteiger partial charge in [-0.1, -0.05) is 24.3 Å². The van der Waals surface area contributed by atoms with E-state index in [-0.39, 0.29) is 5.91 Å². The smallest absolute Gasteiger partial charge is 0.219 e. The third kappa shape index (κ3) is 3.59. The van der Waals surface area contributed by atoms with Crippen molar-refractivity contribution in [1.82, 2.24) is 4.98 Å². The average Bonchev–Trinajstić information content (AvgIpc) is 2.38. The fourth-order valence-corrected chi connectivity index (χ4v) is 1.51. The largest absolute Gasteiger partial charge is 0.439 e. The molecule has 1 aromatic carbocycles. The molecule has 2 aromatic rings. The molecule has 18 heavy (non-hydrogen) atoms. The summed E-state index contributed by atoms with van der Waals surface area (Å²) in [5, 5.41) is 0. The van der Waals surface area contributed by atoms with Gasteiger partial charge in [0.2, 0.25) is 11.8 Å². The number of carbonyl (C=O) groups is 1. The number of para-hydroxylation sites is 1. The van der Waals surface area contributed by atoms with Gasteiger partial charge in [-0.3, -0.25) is 4.79 Å². The van der Waals surface area contributed by atoms with Crippen LogP contribution < -0.4 is 10.5 Å². The van der Waals surface area contributed by atoms with Crippen molar-refractivity contribution in [2.45, 2.75) is 12.8 Å². The second-order valence-corrected chi connectivity index (χ2v) is 3.85. The molecule has 0 atom stereocenters. The zero-order valence-corrected chi connectivity index (χ0v) is 9.87. The number of aromatic nitrogens is 1. The summed E-state index contributed by atoms with van der Waals surface area (Å²) >= 11 is 0. The van der Waals surface area contributed by atoms with Crippen molar-refractivity contribution in [2.24, 2.45) is 5.73 Å². The number of amides is 1. The van der Waals surface area contributed by atoms with Gasteiger partial charge in [-0.05, 0) is 24.6 Å². The van der Waals surface area contributed by atoms with E-state index in [1.165, 1.54) is 0 Å². The third-order valence-corrected chi connectivity index (χ3v) is 2.37. The summed E-state index contributed by atoms with van der Waals surface area (Å²) in [4.78, 5) is 15.0. The number of pyridine rings is 1. The van der Waals surface area contributed by atoms with Gasteiger partial charge >= 0.3 is 0 Å². The van der Waals surface area contributed by atoms with Crippen LogP contribution in [0.25, 0.3) is 0 Å². The van der Waals surface area contributed by atoms with E-state index in [2.05, 4.69) is 4.98 Å². The number of ether oxygens (including phenoxy) is 1. The maximum Gasteiger partial charge on any atom is 0.219 e. The SMILES string of the molecule is NC(=O)CCc1cccc(Oc2ccccc2)n1. The lowest BCUT2D eigenvalue weighted by Crippen LogP contribution is -2.11. The lowest BCUT2D eigenvalue weighted by Gasteiger charge is -2.05. The summed E-state index contributed by atoms with van der Waals surface area (Å²) in [7, 11) is 0. The number of nitrogens with two attached hydrogens (primary N) is 1. The Bertz CT molecular complexity index is 526. The number of hydrogen-bond acceptors (Lipinski definition) is 3. The van der Waals surface area contributed by atoms with Crippen molar-refractivity contribution in [3.05, 3.63) is 54.2 Å². The van der Waals surface area contributed by atoms with Crippen molar-refractivity contribution in [2.75, 3.05) is 0 Å². The highest BCUT2D eigenvalue weighted by atomic mass is 16.5. The maximum absolute atomic E-state index is 10.7. The van der Waals surface area contributed by atoms with E-state index in [1.807, 2.05) is 42.5 Å². The standard InChI is InChI=1S/C14H14N2O2/c15-13(17)10-9-11-5-4-8-14(16-11)18-12-6-2-1-3-7-12/h1-8H,9-10H2,(H2,15,17). The minimum Gasteiger partial charge on any atom is -0.439 e. The van der Waals surface area contributed by atoms with E-state index in [4.69, 9.17) is 10.5 Å². The maximum atomic E-state index is 10.7.